The zero-order valence-electron chi connectivity index (χ0n) is 19.6. The molecule has 0 saturated heterocycles. The highest BCUT2D eigenvalue weighted by molar-refractivity contribution is 6.30. The highest BCUT2D eigenvalue weighted by atomic mass is 35.5. The molecule has 2 aliphatic rings. The fourth-order valence-corrected chi connectivity index (χ4v) is 4.56. The van der Waals surface area contributed by atoms with Crippen LogP contribution in [0.25, 0.3) is 0 Å². The fraction of sp³-hybridized carbons (Fsp3) is 0.480. The molecule has 1 aliphatic heterocycles. The minimum atomic E-state index is -0.930. The Morgan fingerprint density at radius 1 is 1.18 bits per heavy atom. The van der Waals surface area contributed by atoms with Crippen LogP contribution in [0.2, 0.25) is 5.02 Å². The van der Waals surface area contributed by atoms with Gasteiger partial charge in [0, 0.05) is 27.9 Å². The maximum Gasteiger partial charge on any atom is 0.336 e. The third-order valence-corrected chi connectivity index (χ3v) is 6.19. The zero-order valence-corrected chi connectivity index (χ0v) is 20.3. The van der Waals surface area contributed by atoms with Gasteiger partial charge in [-0.2, -0.15) is 0 Å². The van der Waals surface area contributed by atoms with E-state index in [4.69, 9.17) is 25.8 Å². The number of allylic oxidation sites excluding steroid dienone is 3. The zero-order chi connectivity index (χ0) is 24.3. The van der Waals surface area contributed by atoms with Gasteiger partial charge in [-0.25, -0.2) is 4.79 Å². The number of hydrogen-bond acceptors (Lipinski definition) is 7. The molecule has 3 rings (SSSR count). The molecule has 0 spiro atoms. The number of carbonyl (C=O) groups is 3. The Kier molecular flexibility index (Phi) is 7.97. The van der Waals surface area contributed by atoms with Crippen molar-refractivity contribution >= 4 is 29.3 Å². The maximum absolute atomic E-state index is 13.6. The molecular formula is C25H30ClNO6. The number of esters is 2. The van der Waals surface area contributed by atoms with E-state index < -0.39 is 23.8 Å². The number of rotatable bonds is 7. The molecule has 1 aromatic rings. The summed E-state index contributed by atoms with van der Waals surface area (Å²) in [5, 5.41) is 3.77. The van der Waals surface area contributed by atoms with Gasteiger partial charge in [0.2, 0.25) is 0 Å². The monoisotopic (exact) mass is 475 g/mol. The number of methoxy groups -OCH3 is 1. The Morgan fingerprint density at radius 3 is 2.45 bits per heavy atom. The van der Waals surface area contributed by atoms with E-state index in [1.165, 1.54) is 7.11 Å². The van der Waals surface area contributed by atoms with Gasteiger partial charge in [0.1, 0.15) is 12.5 Å². The fourth-order valence-electron chi connectivity index (χ4n) is 4.44. The third kappa shape index (κ3) is 5.31. The van der Waals surface area contributed by atoms with Crippen molar-refractivity contribution in [3.63, 3.8) is 0 Å². The predicted molar refractivity (Wildman–Crippen MR) is 123 cm³/mol. The van der Waals surface area contributed by atoms with Crippen molar-refractivity contribution in [2.75, 3.05) is 20.3 Å². The average Bonchev–Trinajstić information content (AvgIpc) is 2.75. The van der Waals surface area contributed by atoms with E-state index in [2.05, 4.69) is 5.32 Å². The standard InChI is InChI=1S/C25H30ClNO6/c1-13(2)32-10-11-33-25(30)20-15(4)27-18-12-14(3)19(24(29)31-5)23(28)22(18)21(20)16-6-8-17(26)9-7-16/h6-9,13-14,19,21,27H,10-12H2,1-5H3/t14-,19-,21+/m1/s1. The van der Waals surface area contributed by atoms with Gasteiger partial charge in [-0.05, 0) is 50.8 Å². The highest BCUT2D eigenvalue weighted by Gasteiger charge is 2.47. The Labute approximate surface area is 199 Å². The van der Waals surface area contributed by atoms with Crippen molar-refractivity contribution in [1.29, 1.82) is 0 Å². The van der Waals surface area contributed by atoms with E-state index in [1.807, 2.05) is 20.8 Å². The number of benzene rings is 1. The number of dihydropyridines is 1. The SMILES string of the molecule is COC(=O)[C@H]1C(=O)C2=C(C[C@H]1C)NC(C)=C(C(=O)OCCOC(C)C)[C@@H]2c1ccc(Cl)cc1. The van der Waals surface area contributed by atoms with Crippen molar-refractivity contribution in [3.05, 3.63) is 57.4 Å². The van der Waals surface area contributed by atoms with Crippen molar-refractivity contribution in [2.24, 2.45) is 11.8 Å². The summed E-state index contributed by atoms with van der Waals surface area (Å²) in [5.41, 5.74) is 2.75. The number of ketones is 1. The normalized spacial score (nSPS) is 22.8. The Bertz CT molecular complexity index is 995. The summed E-state index contributed by atoms with van der Waals surface area (Å²) < 4.78 is 15.9. The van der Waals surface area contributed by atoms with Crippen molar-refractivity contribution in [3.8, 4) is 0 Å². The largest absolute Gasteiger partial charge is 0.468 e. The molecule has 0 radical (unpaired) electrons. The first-order valence-electron chi connectivity index (χ1n) is 11.0. The van der Waals surface area contributed by atoms with Gasteiger partial charge in [-0.15, -0.1) is 0 Å². The molecular weight excluding hydrogens is 446 g/mol. The lowest BCUT2D eigenvalue weighted by Gasteiger charge is -2.38. The highest BCUT2D eigenvalue weighted by Crippen LogP contribution is 2.45. The predicted octanol–water partition coefficient (Wildman–Crippen LogP) is 3.92. The molecule has 7 nitrogen and oxygen atoms in total. The summed E-state index contributed by atoms with van der Waals surface area (Å²) in [6.45, 7) is 7.79. The summed E-state index contributed by atoms with van der Waals surface area (Å²) in [4.78, 5) is 39.2. The topological polar surface area (TPSA) is 90.9 Å². The molecule has 178 valence electrons. The molecule has 1 aliphatic carbocycles. The van der Waals surface area contributed by atoms with Crippen LogP contribution < -0.4 is 5.32 Å². The average molecular weight is 476 g/mol. The molecule has 0 fully saturated rings. The molecule has 1 N–H and O–H groups in total. The van der Waals surface area contributed by atoms with Gasteiger partial charge < -0.3 is 19.5 Å². The van der Waals surface area contributed by atoms with Crippen LogP contribution in [-0.2, 0) is 28.6 Å². The molecule has 1 aromatic carbocycles. The van der Waals surface area contributed by atoms with Gasteiger partial charge in [-0.1, -0.05) is 30.7 Å². The van der Waals surface area contributed by atoms with E-state index in [-0.39, 0.29) is 31.0 Å². The minimum absolute atomic E-state index is 0.0210. The molecule has 0 aromatic heterocycles. The quantitative estimate of drug-likeness (QED) is 0.363. The molecule has 0 saturated carbocycles. The number of nitrogens with one attached hydrogen (secondary N) is 1. The first kappa shape index (κ1) is 25.0. The van der Waals surface area contributed by atoms with Gasteiger partial charge in [0.15, 0.2) is 5.78 Å². The summed E-state index contributed by atoms with van der Waals surface area (Å²) in [5.74, 6) is -3.32. The lowest BCUT2D eigenvalue weighted by Crippen LogP contribution is -2.43. The lowest BCUT2D eigenvalue weighted by molar-refractivity contribution is -0.151. The summed E-state index contributed by atoms with van der Waals surface area (Å²) in [6.07, 6.45) is 0.500. The Morgan fingerprint density at radius 2 is 1.85 bits per heavy atom. The van der Waals surface area contributed by atoms with Crippen LogP contribution in [0, 0.1) is 11.8 Å². The van der Waals surface area contributed by atoms with Crippen LogP contribution in [0.4, 0.5) is 0 Å². The van der Waals surface area contributed by atoms with Crippen LogP contribution in [0.1, 0.15) is 45.6 Å². The van der Waals surface area contributed by atoms with Crippen LogP contribution >= 0.6 is 11.6 Å². The first-order chi connectivity index (χ1) is 15.6. The van der Waals surface area contributed by atoms with Gasteiger partial charge in [-0.3, -0.25) is 9.59 Å². The number of ether oxygens (including phenoxy) is 3. The van der Waals surface area contributed by atoms with Gasteiger partial charge in [0.25, 0.3) is 0 Å². The van der Waals surface area contributed by atoms with Crippen LogP contribution in [0.15, 0.2) is 46.8 Å². The Hall–Kier alpha value is -2.64. The molecule has 1 heterocycles. The second-order valence-electron chi connectivity index (χ2n) is 8.64. The number of hydrogen-bond donors (Lipinski definition) is 1. The lowest BCUT2D eigenvalue weighted by atomic mass is 9.69. The van der Waals surface area contributed by atoms with Gasteiger partial charge >= 0.3 is 11.9 Å². The first-order valence-corrected chi connectivity index (χ1v) is 11.4. The van der Waals surface area contributed by atoms with Crippen molar-refractivity contribution < 1.29 is 28.6 Å². The number of carbonyl (C=O) groups excluding carboxylic acids is 3. The molecule has 0 unspecified atom stereocenters. The van der Waals surface area contributed by atoms with Crippen molar-refractivity contribution in [2.45, 2.75) is 46.1 Å². The van der Waals surface area contributed by atoms with E-state index in [1.54, 1.807) is 31.2 Å². The van der Waals surface area contributed by atoms with Crippen molar-refractivity contribution in [1.82, 2.24) is 5.32 Å². The Balaban J connectivity index is 2.02. The van der Waals surface area contributed by atoms with Crippen LogP contribution in [0.5, 0.6) is 0 Å². The molecule has 0 bridgehead atoms. The molecule has 3 atom stereocenters. The molecule has 33 heavy (non-hydrogen) atoms. The summed E-state index contributed by atoms with van der Waals surface area (Å²) >= 11 is 6.09. The van der Waals surface area contributed by atoms with E-state index >= 15 is 0 Å². The molecule has 0 amide bonds. The van der Waals surface area contributed by atoms with Crippen LogP contribution in [0.3, 0.4) is 0 Å². The smallest absolute Gasteiger partial charge is 0.336 e. The number of Topliss-reactive ketones (excluding diaryl/α,β-unsaturated/α-hetero) is 1. The maximum atomic E-state index is 13.6. The summed E-state index contributed by atoms with van der Waals surface area (Å²) in [7, 11) is 1.27. The minimum Gasteiger partial charge on any atom is -0.468 e. The number of halogens is 1. The van der Waals surface area contributed by atoms with E-state index in [9.17, 15) is 14.4 Å². The second kappa shape index (κ2) is 10.5. The van der Waals surface area contributed by atoms with E-state index in [0.29, 0.717) is 39.5 Å². The summed E-state index contributed by atoms with van der Waals surface area (Å²) in [6, 6.07) is 6.98. The third-order valence-electron chi connectivity index (χ3n) is 5.93. The van der Waals surface area contributed by atoms with E-state index in [0.717, 1.165) is 0 Å². The second-order valence-corrected chi connectivity index (χ2v) is 9.08. The van der Waals surface area contributed by atoms with Gasteiger partial charge in [0.05, 0.1) is 25.4 Å². The van der Waals surface area contributed by atoms with Crippen LogP contribution in [-0.4, -0.2) is 44.1 Å². The molecule has 8 heteroatoms.